The van der Waals surface area contributed by atoms with Crippen molar-refractivity contribution < 1.29 is 4.57 Å². The predicted octanol–water partition coefficient (Wildman–Crippen LogP) is 2.14. The first-order chi connectivity index (χ1) is 7.36. The van der Waals surface area contributed by atoms with E-state index in [-0.39, 0.29) is 0 Å². The van der Waals surface area contributed by atoms with Crippen molar-refractivity contribution in [2.45, 2.75) is 6.92 Å². The molecule has 0 unspecified atom stereocenters. The topological polar surface area (TPSA) is 3.88 Å². The van der Waals surface area contributed by atoms with Gasteiger partial charge in [0.05, 0.1) is 0 Å². The molecule has 0 radical (unpaired) electrons. The first kappa shape index (κ1) is 9.48. The van der Waals surface area contributed by atoms with Crippen molar-refractivity contribution in [1.82, 2.24) is 0 Å². The van der Waals surface area contributed by atoms with Crippen LogP contribution in [0, 0.1) is 18.9 Å². The molecule has 0 fully saturated rings. The van der Waals surface area contributed by atoms with E-state index < -0.39 is 0 Å². The third kappa shape index (κ3) is 2.45. The van der Waals surface area contributed by atoms with Gasteiger partial charge in [-0.3, -0.25) is 0 Å². The van der Waals surface area contributed by atoms with Gasteiger partial charge in [-0.05, 0) is 12.1 Å². The van der Waals surface area contributed by atoms with E-state index in [1.165, 1.54) is 0 Å². The molecule has 0 aliphatic rings. The zero-order valence-electron chi connectivity index (χ0n) is 8.64. The summed E-state index contributed by atoms with van der Waals surface area (Å²) in [5.74, 6) is 3.11. The molecule has 0 aliphatic heterocycles. The van der Waals surface area contributed by atoms with Crippen molar-refractivity contribution in [2.75, 3.05) is 0 Å². The molecule has 0 atom stereocenters. The zero-order valence-corrected chi connectivity index (χ0v) is 8.64. The number of aryl methyl sites for hydroxylation is 1. The van der Waals surface area contributed by atoms with Crippen molar-refractivity contribution in [3.05, 3.63) is 66.0 Å². The van der Waals surface area contributed by atoms with E-state index in [0.29, 0.717) is 0 Å². The molecule has 0 saturated carbocycles. The fraction of sp³-hybridized carbons (Fsp3) is 0.0714. The van der Waals surface area contributed by atoms with Crippen LogP contribution in [0.1, 0.15) is 11.3 Å². The molecule has 15 heavy (non-hydrogen) atoms. The maximum Gasteiger partial charge on any atom is 0.234 e. The van der Waals surface area contributed by atoms with Gasteiger partial charge in [0, 0.05) is 30.5 Å². The fourth-order valence-electron chi connectivity index (χ4n) is 1.30. The van der Waals surface area contributed by atoms with Crippen LogP contribution in [0.15, 0.2) is 54.7 Å². The molecule has 2 rings (SSSR count). The number of pyridine rings is 1. The van der Waals surface area contributed by atoms with Gasteiger partial charge in [-0.15, -0.1) is 4.57 Å². The molecular formula is C14H12N+. The minimum Gasteiger partial charge on any atom is -0.116 e. The molecular weight excluding hydrogens is 182 g/mol. The van der Waals surface area contributed by atoms with Crippen molar-refractivity contribution in [3.63, 3.8) is 0 Å². The second kappa shape index (κ2) is 4.43. The van der Waals surface area contributed by atoms with E-state index in [2.05, 4.69) is 12.0 Å². The van der Waals surface area contributed by atoms with Gasteiger partial charge in [0.15, 0.2) is 11.9 Å². The van der Waals surface area contributed by atoms with Gasteiger partial charge in [0.2, 0.25) is 6.04 Å². The van der Waals surface area contributed by atoms with Gasteiger partial charge in [0.25, 0.3) is 0 Å². The van der Waals surface area contributed by atoms with E-state index >= 15 is 0 Å². The Balaban J connectivity index is 2.31. The summed E-state index contributed by atoms with van der Waals surface area (Å²) in [4.78, 5) is 0. The quantitative estimate of drug-likeness (QED) is 0.447. The van der Waals surface area contributed by atoms with Crippen molar-refractivity contribution in [3.8, 4) is 12.0 Å². The molecule has 0 bridgehead atoms. The number of benzene rings is 1. The third-order valence-corrected chi connectivity index (χ3v) is 2.16. The van der Waals surface area contributed by atoms with Crippen LogP contribution in [0.3, 0.4) is 0 Å². The lowest BCUT2D eigenvalue weighted by Gasteiger charge is -1.87. The maximum absolute atomic E-state index is 3.11. The van der Waals surface area contributed by atoms with Crippen molar-refractivity contribution >= 4 is 0 Å². The smallest absolute Gasteiger partial charge is 0.116 e. The highest BCUT2D eigenvalue weighted by molar-refractivity contribution is 5.32. The van der Waals surface area contributed by atoms with Crippen LogP contribution in [0.5, 0.6) is 0 Å². The third-order valence-electron chi connectivity index (χ3n) is 2.16. The van der Waals surface area contributed by atoms with Crippen LogP contribution in [0.4, 0.5) is 0 Å². The van der Waals surface area contributed by atoms with Crippen molar-refractivity contribution in [1.29, 1.82) is 0 Å². The molecule has 0 N–H and O–H groups in total. The van der Waals surface area contributed by atoms with Gasteiger partial charge >= 0.3 is 0 Å². The monoisotopic (exact) mass is 194 g/mol. The molecule has 1 heterocycles. The van der Waals surface area contributed by atoms with E-state index in [1.807, 2.05) is 66.2 Å². The summed E-state index contributed by atoms with van der Waals surface area (Å²) in [5.41, 5.74) is 2.18. The lowest BCUT2D eigenvalue weighted by molar-refractivity contribution is -0.590. The molecule has 1 heteroatoms. The average Bonchev–Trinajstić information content (AvgIpc) is 2.29. The molecule has 0 aliphatic carbocycles. The second-order valence-corrected chi connectivity index (χ2v) is 3.31. The van der Waals surface area contributed by atoms with Crippen LogP contribution in [0.2, 0.25) is 0 Å². The van der Waals surface area contributed by atoms with E-state index in [4.69, 9.17) is 0 Å². The lowest BCUT2D eigenvalue weighted by atomic mass is 10.2. The molecule has 0 amide bonds. The van der Waals surface area contributed by atoms with E-state index in [9.17, 15) is 0 Å². The Kier molecular flexibility index (Phi) is 2.80. The summed E-state index contributed by atoms with van der Waals surface area (Å²) in [7, 11) is 0. The maximum atomic E-state index is 3.11. The second-order valence-electron chi connectivity index (χ2n) is 3.31. The van der Waals surface area contributed by atoms with Crippen LogP contribution >= 0.6 is 0 Å². The highest BCUT2D eigenvalue weighted by Gasteiger charge is 1.98. The summed E-state index contributed by atoms with van der Waals surface area (Å²) in [6.07, 6.45) is 1.96. The minimum absolute atomic E-state index is 1.04. The Hall–Kier alpha value is -2.07. The Bertz CT molecular complexity index is 504. The predicted molar refractivity (Wildman–Crippen MR) is 60.1 cm³/mol. The van der Waals surface area contributed by atoms with Crippen LogP contribution in [-0.4, -0.2) is 0 Å². The van der Waals surface area contributed by atoms with Crippen molar-refractivity contribution in [2.24, 2.45) is 0 Å². The highest BCUT2D eigenvalue weighted by Crippen LogP contribution is 1.94. The summed E-state index contributed by atoms with van der Waals surface area (Å²) >= 11 is 0. The van der Waals surface area contributed by atoms with Gasteiger partial charge in [0.1, 0.15) is 0 Å². The van der Waals surface area contributed by atoms with Crippen LogP contribution in [0.25, 0.3) is 0 Å². The SMILES string of the molecule is Cc1cccc[n+]1C#Cc1ccccc1. The Morgan fingerprint density at radius 3 is 2.40 bits per heavy atom. The summed E-state index contributed by atoms with van der Waals surface area (Å²) in [6.45, 7) is 2.04. The molecule has 2 aromatic rings. The number of hydrogen-bond acceptors (Lipinski definition) is 0. The Morgan fingerprint density at radius 1 is 0.933 bits per heavy atom. The zero-order chi connectivity index (χ0) is 10.5. The number of rotatable bonds is 0. The van der Waals surface area contributed by atoms with Gasteiger partial charge in [-0.25, -0.2) is 0 Å². The van der Waals surface area contributed by atoms with E-state index in [0.717, 1.165) is 11.3 Å². The summed E-state index contributed by atoms with van der Waals surface area (Å²) < 4.78 is 1.92. The number of hydrogen-bond donors (Lipinski definition) is 0. The first-order valence-electron chi connectivity index (χ1n) is 4.90. The normalized spacial score (nSPS) is 9.13. The first-order valence-corrected chi connectivity index (χ1v) is 4.90. The van der Waals surface area contributed by atoms with E-state index in [1.54, 1.807) is 0 Å². The van der Waals surface area contributed by atoms with Crippen LogP contribution in [-0.2, 0) is 0 Å². The minimum atomic E-state index is 1.04. The molecule has 1 aromatic carbocycles. The lowest BCUT2D eigenvalue weighted by Crippen LogP contribution is -2.30. The van der Waals surface area contributed by atoms with Gasteiger partial charge in [-0.2, -0.15) is 0 Å². The largest absolute Gasteiger partial charge is 0.234 e. The summed E-state index contributed by atoms with van der Waals surface area (Å²) in [6, 6.07) is 19.1. The van der Waals surface area contributed by atoms with Gasteiger partial charge < -0.3 is 0 Å². The summed E-state index contributed by atoms with van der Waals surface area (Å²) in [5, 5.41) is 0. The number of nitrogens with zero attached hydrogens (tertiary/aromatic N) is 1. The Labute approximate surface area is 90.0 Å². The molecule has 72 valence electrons. The highest BCUT2D eigenvalue weighted by atomic mass is 14.9. The number of aromatic nitrogens is 1. The fourth-order valence-corrected chi connectivity index (χ4v) is 1.30. The molecule has 0 spiro atoms. The molecule has 1 nitrogen and oxygen atoms in total. The average molecular weight is 194 g/mol. The Morgan fingerprint density at radius 2 is 1.67 bits per heavy atom. The van der Waals surface area contributed by atoms with Crippen LogP contribution < -0.4 is 4.57 Å². The standard InChI is InChI=1S/C14H12N/c1-13-7-5-6-11-15(13)12-10-14-8-3-2-4-9-14/h2-9,11H,1H3/q+1. The molecule has 1 aromatic heterocycles. The molecule has 0 saturated heterocycles. The van der Waals surface area contributed by atoms with Gasteiger partial charge in [-0.1, -0.05) is 24.3 Å².